The fraction of sp³-hybridized carbons (Fsp3) is 0.731. The SMILES string of the molecule is C=CCCCOC(=O)[C@H]1[C@@H]2SC3(CC2Br)C(C(=O)N(CC=C)CCCC)N([C@@H](CC)CO)C(=O)[C@H]13. The van der Waals surface area contributed by atoms with Crippen molar-refractivity contribution < 1.29 is 24.2 Å². The molecule has 3 aliphatic rings. The van der Waals surface area contributed by atoms with Crippen LogP contribution in [0.1, 0.15) is 52.4 Å². The van der Waals surface area contributed by atoms with Crippen LogP contribution >= 0.6 is 27.7 Å². The van der Waals surface area contributed by atoms with Gasteiger partial charge in [0.25, 0.3) is 0 Å². The van der Waals surface area contributed by atoms with Gasteiger partial charge in [-0.3, -0.25) is 14.4 Å². The first-order valence-corrected chi connectivity index (χ1v) is 14.5. The highest BCUT2D eigenvalue weighted by molar-refractivity contribution is 9.09. The van der Waals surface area contributed by atoms with E-state index in [1.54, 1.807) is 33.7 Å². The summed E-state index contributed by atoms with van der Waals surface area (Å²) >= 11 is 5.36. The van der Waals surface area contributed by atoms with Crippen molar-refractivity contribution in [2.75, 3.05) is 26.3 Å². The summed E-state index contributed by atoms with van der Waals surface area (Å²) in [5.41, 5.74) is 0. The normalized spacial score (nSPS) is 31.8. The molecule has 3 saturated heterocycles. The van der Waals surface area contributed by atoms with Crippen LogP contribution in [0.3, 0.4) is 0 Å². The number of carbonyl (C=O) groups excluding carboxylic acids is 3. The molecule has 1 N–H and O–H groups in total. The van der Waals surface area contributed by atoms with Crippen LogP contribution in [0.4, 0.5) is 0 Å². The van der Waals surface area contributed by atoms with Gasteiger partial charge in [0.1, 0.15) is 6.04 Å². The van der Waals surface area contributed by atoms with Gasteiger partial charge < -0.3 is 19.6 Å². The molecule has 0 aromatic rings. The molecule has 0 aromatic carbocycles. The number of amides is 2. The van der Waals surface area contributed by atoms with Gasteiger partial charge in [-0.2, -0.15) is 0 Å². The lowest BCUT2D eigenvalue weighted by atomic mass is 9.71. The number of aliphatic hydroxyl groups excluding tert-OH is 1. The maximum Gasteiger partial charge on any atom is 0.310 e. The third-order valence-electron chi connectivity index (χ3n) is 7.55. The highest BCUT2D eigenvalue weighted by Crippen LogP contribution is 2.68. The first-order valence-electron chi connectivity index (χ1n) is 12.7. The molecule has 3 aliphatic heterocycles. The number of nitrogens with zero attached hydrogens (tertiary/aromatic N) is 2. The van der Waals surface area contributed by atoms with Gasteiger partial charge in [0.15, 0.2) is 0 Å². The van der Waals surface area contributed by atoms with Crippen molar-refractivity contribution in [3.05, 3.63) is 25.3 Å². The Labute approximate surface area is 221 Å². The van der Waals surface area contributed by atoms with E-state index in [0.717, 1.165) is 19.3 Å². The third-order valence-corrected chi connectivity index (χ3v) is 10.8. The van der Waals surface area contributed by atoms with Crippen molar-refractivity contribution in [1.82, 2.24) is 9.80 Å². The van der Waals surface area contributed by atoms with E-state index in [0.29, 0.717) is 32.4 Å². The number of thioether (sulfide) groups is 1. The lowest BCUT2D eigenvalue weighted by Gasteiger charge is -2.39. The van der Waals surface area contributed by atoms with Gasteiger partial charge in [0, 0.05) is 23.2 Å². The third kappa shape index (κ3) is 5.10. The highest BCUT2D eigenvalue weighted by atomic mass is 79.9. The standard InChI is InChI=1S/C26H39BrN2O5S/c1-5-9-11-14-34-25(33)19-20-23(31)29(17(8-4)16-30)22(26(20)15-18(27)21(19)35-26)24(32)28(12-7-3)13-10-6-2/h5,7,17-22,30H,1,3,6,8-16H2,2,4H3/t17-,18?,19+,20-,21+,22?,26?/m0/s1. The van der Waals surface area contributed by atoms with Crippen LogP contribution < -0.4 is 0 Å². The second kappa shape index (κ2) is 12.3. The summed E-state index contributed by atoms with van der Waals surface area (Å²) in [6.45, 7) is 12.5. The largest absolute Gasteiger partial charge is 0.465 e. The van der Waals surface area contributed by atoms with E-state index in [1.807, 2.05) is 6.92 Å². The molecule has 2 bridgehead atoms. The van der Waals surface area contributed by atoms with Crippen molar-refractivity contribution in [2.24, 2.45) is 11.8 Å². The van der Waals surface area contributed by atoms with Gasteiger partial charge in [0.05, 0.1) is 35.8 Å². The molecule has 3 rings (SSSR count). The molecule has 7 nitrogen and oxygen atoms in total. The first-order chi connectivity index (χ1) is 16.8. The molecule has 0 saturated carbocycles. The molecule has 0 aromatic heterocycles. The summed E-state index contributed by atoms with van der Waals surface area (Å²) in [6, 6.07) is -1.21. The van der Waals surface area contributed by atoms with Crippen molar-refractivity contribution >= 4 is 45.5 Å². The quantitative estimate of drug-likeness (QED) is 0.149. The van der Waals surface area contributed by atoms with E-state index in [1.165, 1.54) is 0 Å². The summed E-state index contributed by atoms with van der Waals surface area (Å²) in [6.07, 6.45) is 7.86. The van der Waals surface area contributed by atoms with Gasteiger partial charge in [-0.25, -0.2) is 0 Å². The molecule has 2 amide bonds. The lowest BCUT2D eigenvalue weighted by Crippen LogP contribution is -2.57. The zero-order valence-corrected chi connectivity index (χ0v) is 23.3. The summed E-state index contributed by atoms with van der Waals surface area (Å²) in [5, 5.41) is 10.0. The Balaban J connectivity index is 2.00. The molecule has 0 aliphatic carbocycles. The molecular formula is C26H39BrN2O5S. The minimum Gasteiger partial charge on any atom is -0.465 e. The number of allylic oxidation sites excluding steroid dienone is 1. The molecule has 3 heterocycles. The smallest absolute Gasteiger partial charge is 0.310 e. The number of alkyl halides is 1. The number of ether oxygens (including phenoxy) is 1. The first kappa shape index (κ1) is 28.3. The Hall–Kier alpha value is -1.32. The molecule has 3 fully saturated rings. The van der Waals surface area contributed by atoms with E-state index < -0.39 is 28.7 Å². The Morgan fingerprint density at radius 1 is 1.34 bits per heavy atom. The van der Waals surface area contributed by atoms with Gasteiger partial charge in [-0.05, 0) is 32.1 Å². The van der Waals surface area contributed by atoms with Gasteiger partial charge >= 0.3 is 5.97 Å². The van der Waals surface area contributed by atoms with Crippen LogP contribution in [0.15, 0.2) is 25.3 Å². The van der Waals surface area contributed by atoms with Crippen molar-refractivity contribution in [3.8, 4) is 0 Å². The van der Waals surface area contributed by atoms with Gasteiger partial charge in [0.2, 0.25) is 11.8 Å². The summed E-state index contributed by atoms with van der Waals surface area (Å²) < 4.78 is 4.89. The molecule has 7 atom stereocenters. The molecule has 196 valence electrons. The number of rotatable bonds is 14. The monoisotopic (exact) mass is 570 g/mol. The highest BCUT2D eigenvalue weighted by Gasteiger charge is 2.76. The van der Waals surface area contributed by atoms with Crippen molar-refractivity contribution in [2.45, 2.75) is 79.3 Å². The zero-order valence-electron chi connectivity index (χ0n) is 20.9. The number of esters is 1. The van der Waals surface area contributed by atoms with Crippen LogP contribution in [0.25, 0.3) is 0 Å². The Morgan fingerprint density at radius 2 is 2.09 bits per heavy atom. The number of fused-ring (bicyclic) bond motifs is 1. The van der Waals surface area contributed by atoms with Crippen LogP contribution in [0, 0.1) is 11.8 Å². The Morgan fingerprint density at radius 3 is 2.69 bits per heavy atom. The molecule has 35 heavy (non-hydrogen) atoms. The second-order valence-corrected chi connectivity index (χ2v) is 12.4. The van der Waals surface area contributed by atoms with E-state index in [9.17, 15) is 19.5 Å². The maximum atomic E-state index is 14.1. The molecule has 9 heteroatoms. The fourth-order valence-electron chi connectivity index (χ4n) is 5.89. The topological polar surface area (TPSA) is 87.2 Å². The van der Waals surface area contributed by atoms with E-state index >= 15 is 0 Å². The average molecular weight is 572 g/mol. The predicted molar refractivity (Wildman–Crippen MR) is 142 cm³/mol. The van der Waals surface area contributed by atoms with Crippen LogP contribution in [0.2, 0.25) is 0 Å². The van der Waals surface area contributed by atoms with Crippen LogP contribution in [-0.4, -0.2) is 85.9 Å². The predicted octanol–water partition coefficient (Wildman–Crippen LogP) is 3.55. The van der Waals surface area contributed by atoms with Crippen molar-refractivity contribution in [1.29, 1.82) is 0 Å². The number of likely N-dealkylation sites (tertiary alicyclic amines) is 1. The Bertz CT molecular complexity index is 822. The zero-order chi connectivity index (χ0) is 25.8. The number of carbonyl (C=O) groups is 3. The van der Waals surface area contributed by atoms with Gasteiger partial charge in [-0.1, -0.05) is 48.4 Å². The molecule has 0 radical (unpaired) electrons. The van der Waals surface area contributed by atoms with Crippen LogP contribution in [0.5, 0.6) is 0 Å². The van der Waals surface area contributed by atoms with E-state index in [2.05, 4.69) is 36.0 Å². The summed E-state index contributed by atoms with van der Waals surface area (Å²) in [4.78, 5) is 44.8. The average Bonchev–Trinajstić information content (AvgIpc) is 3.43. The number of hydrogen-bond acceptors (Lipinski definition) is 6. The van der Waals surface area contributed by atoms with Gasteiger partial charge in [-0.15, -0.1) is 24.9 Å². The second-order valence-electron chi connectivity index (χ2n) is 9.68. The van der Waals surface area contributed by atoms with Crippen molar-refractivity contribution in [3.63, 3.8) is 0 Å². The molecular weight excluding hydrogens is 532 g/mol. The maximum absolute atomic E-state index is 14.1. The number of halogens is 1. The lowest BCUT2D eigenvalue weighted by molar-refractivity contribution is -0.154. The number of aliphatic hydroxyl groups is 1. The summed E-state index contributed by atoms with van der Waals surface area (Å²) in [7, 11) is 0. The minimum absolute atomic E-state index is 0.00442. The Kier molecular flexibility index (Phi) is 9.91. The molecule has 3 unspecified atom stereocenters. The summed E-state index contributed by atoms with van der Waals surface area (Å²) in [5.74, 6) is -1.94. The minimum atomic E-state index is -0.734. The van der Waals surface area contributed by atoms with E-state index in [4.69, 9.17) is 4.74 Å². The number of hydrogen-bond donors (Lipinski definition) is 1. The molecule has 1 spiro atoms. The fourth-order valence-corrected chi connectivity index (χ4v) is 9.47. The van der Waals surface area contributed by atoms with E-state index in [-0.39, 0.29) is 41.1 Å². The number of unbranched alkanes of at least 4 members (excludes halogenated alkanes) is 2. The van der Waals surface area contributed by atoms with Crippen LogP contribution in [-0.2, 0) is 19.1 Å².